The summed E-state index contributed by atoms with van der Waals surface area (Å²) >= 11 is 0. The maximum atomic E-state index is 10.6. The van der Waals surface area contributed by atoms with Gasteiger partial charge in [0.15, 0.2) is 0 Å². The Morgan fingerprint density at radius 2 is 2.07 bits per heavy atom. The van der Waals surface area contributed by atoms with Crippen LogP contribution in [0.4, 0.5) is 0 Å². The first-order chi connectivity index (χ1) is 7.02. The van der Waals surface area contributed by atoms with Crippen LogP contribution in [0.3, 0.4) is 0 Å². The molecule has 0 amide bonds. The SMILES string of the molecule is C=C(CN(C)C1CCCCC1O)C(=O)O. The first kappa shape index (κ1) is 12.2. The maximum Gasteiger partial charge on any atom is 0.332 e. The van der Waals surface area contributed by atoms with Gasteiger partial charge in [-0.3, -0.25) is 4.90 Å². The van der Waals surface area contributed by atoms with Gasteiger partial charge in [0.05, 0.1) is 6.10 Å². The molecule has 0 saturated heterocycles. The molecule has 15 heavy (non-hydrogen) atoms. The zero-order valence-electron chi connectivity index (χ0n) is 9.15. The minimum absolute atomic E-state index is 0.0786. The van der Waals surface area contributed by atoms with Gasteiger partial charge in [-0.1, -0.05) is 19.4 Å². The number of rotatable bonds is 4. The van der Waals surface area contributed by atoms with Crippen molar-refractivity contribution >= 4 is 5.97 Å². The van der Waals surface area contributed by atoms with Gasteiger partial charge in [-0.2, -0.15) is 0 Å². The molecule has 2 unspecified atom stereocenters. The Hall–Kier alpha value is -0.870. The molecule has 2 atom stereocenters. The Morgan fingerprint density at radius 3 is 2.60 bits per heavy atom. The zero-order chi connectivity index (χ0) is 11.4. The lowest BCUT2D eigenvalue weighted by molar-refractivity contribution is -0.133. The van der Waals surface area contributed by atoms with E-state index in [0.717, 1.165) is 25.7 Å². The number of aliphatic hydroxyl groups is 1. The van der Waals surface area contributed by atoms with Crippen molar-refractivity contribution < 1.29 is 15.0 Å². The van der Waals surface area contributed by atoms with Crippen molar-refractivity contribution in [1.82, 2.24) is 4.90 Å². The largest absolute Gasteiger partial charge is 0.478 e. The van der Waals surface area contributed by atoms with Crippen molar-refractivity contribution in [2.75, 3.05) is 13.6 Å². The van der Waals surface area contributed by atoms with Crippen LogP contribution in [0.2, 0.25) is 0 Å². The van der Waals surface area contributed by atoms with E-state index in [2.05, 4.69) is 6.58 Å². The highest BCUT2D eigenvalue weighted by atomic mass is 16.4. The lowest BCUT2D eigenvalue weighted by Crippen LogP contribution is -2.44. The molecule has 1 rings (SSSR count). The lowest BCUT2D eigenvalue weighted by Gasteiger charge is -2.35. The molecule has 4 nitrogen and oxygen atoms in total. The van der Waals surface area contributed by atoms with Gasteiger partial charge in [0.2, 0.25) is 0 Å². The van der Waals surface area contributed by atoms with E-state index in [4.69, 9.17) is 5.11 Å². The molecule has 0 aliphatic heterocycles. The number of hydrogen-bond donors (Lipinski definition) is 2. The van der Waals surface area contributed by atoms with Crippen LogP contribution in [0.1, 0.15) is 25.7 Å². The predicted octanol–water partition coefficient (Wildman–Crippen LogP) is 0.863. The molecule has 4 heteroatoms. The molecule has 0 aromatic rings. The standard InChI is InChI=1S/C11H19NO3/c1-8(11(14)15)7-12(2)9-5-3-4-6-10(9)13/h9-10,13H,1,3-7H2,2H3,(H,14,15). The molecule has 1 aliphatic rings. The number of likely N-dealkylation sites (N-methyl/N-ethyl adjacent to an activating group) is 1. The van der Waals surface area contributed by atoms with E-state index in [1.165, 1.54) is 0 Å². The van der Waals surface area contributed by atoms with Crippen molar-refractivity contribution in [3.8, 4) is 0 Å². The number of aliphatic hydroxyl groups excluding tert-OH is 1. The van der Waals surface area contributed by atoms with Gasteiger partial charge < -0.3 is 10.2 Å². The molecule has 86 valence electrons. The molecule has 0 radical (unpaired) electrons. The first-order valence-electron chi connectivity index (χ1n) is 5.31. The van der Waals surface area contributed by atoms with Crippen LogP contribution < -0.4 is 0 Å². The number of carboxylic acid groups (broad SMARTS) is 1. The van der Waals surface area contributed by atoms with Crippen molar-refractivity contribution in [1.29, 1.82) is 0 Å². The highest BCUT2D eigenvalue weighted by Crippen LogP contribution is 2.22. The Labute approximate surface area is 90.2 Å². The third-order valence-electron chi connectivity index (χ3n) is 3.00. The second kappa shape index (κ2) is 5.28. The summed E-state index contributed by atoms with van der Waals surface area (Å²) in [7, 11) is 1.84. The number of carboxylic acids is 1. The maximum absolute atomic E-state index is 10.6. The van der Waals surface area contributed by atoms with Crippen LogP contribution in [-0.4, -0.2) is 46.8 Å². The van der Waals surface area contributed by atoms with E-state index in [0.29, 0.717) is 6.54 Å². The molecule has 0 aromatic heterocycles. The van der Waals surface area contributed by atoms with E-state index in [1.807, 2.05) is 11.9 Å². The Kier molecular flexibility index (Phi) is 4.29. The van der Waals surface area contributed by atoms with E-state index in [9.17, 15) is 9.90 Å². The summed E-state index contributed by atoms with van der Waals surface area (Å²) in [5, 5.41) is 18.5. The van der Waals surface area contributed by atoms with Crippen molar-refractivity contribution in [3.63, 3.8) is 0 Å². The summed E-state index contributed by atoms with van der Waals surface area (Å²) < 4.78 is 0. The summed E-state index contributed by atoms with van der Waals surface area (Å²) in [4.78, 5) is 12.5. The first-order valence-corrected chi connectivity index (χ1v) is 5.31. The van der Waals surface area contributed by atoms with Crippen LogP contribution in [0.25, 0.3) is 0 Å². The van der Waals surface area contributed by atoms with Gasteiger partial charge >= 0.3 is 5.97 Å². The highest BCUT2D eigenvalue weighted by molar-refractivity contribution is 5.86. The molecule has 0 spiro atoms. The number of nitrogens with zero attached hydrogens (tertiary/aromatic N) is 1. The topological polar surface area (TPSA) is 60.8 Å². The Morgan fingerprint density at radius 1 is 1.47 bits per heavy atom. The van der Waals surface area contributed by atoms with Crippen molar-refractivity contribution in [2.45, 2.75) is 37.8 Å². The van der Waals surface area contributed by atoms with Gasteiger partial charge in [0, 0.05) is 18.2 Å². The van der Waals surface area contributed by atoms with Gasteiger partial charge in [0.1, 0.15) is 0 Å². The zero-order valence-corrected chi connectivity index (χ0v) is 9.15. The molecule has 1 aliphatic carbocycles. The summed E-state index contributed by atoms with van der Waals surface area (Å²) in [5.41, 5.74) is 0.176. The fourth-order valence-corrected chi connectivity index (χ4v) is 2.09. The smallest absolute Gasteiger partial charge is 0.332 e. The highest BCUT2D eigenvalue weighted by Gasteiger charge is 2.27. The molecule has 0 bridgehead atoms. The quantitative estimate of drug-likeness (QED) is 0.680. The van der Waals surface area contributed by atoms with Crippen LogP contribution in [-0.2, 0) is 4.79 Å². The predicted molar refractivity (Wildman–Crippen MR) is 57.7 cm³/mol. The molecular formula is C11H19NO3. The average molecular weight is 213 g/mol. The van der Waals surface area contributed by atoms with Gasteiger partial charge in [0.25, 0.3) is 0 Å². The summed E-state index contributed by atoms with van der Waals surface area (Å²) in [6.45, 7) is 3.81. The van der Waals surface area contributed by atoms with Gasteiger partial charge in [-0.05, 0) is 19.9 Å². The molecule has 1 saturated carbocycles. The summed E-state index contributed by atoms with van der Waals surface area (Å²) in [6.07, 6.45) is 3.58. The average Bonchev–Trinajstić information content (AvgIpc) is 2.18. The minimum atomic E-state index is -0.966. The summed E-state index contributed by atoms with van der Waals surface area (Å²) in [6, 6.07) is 0.0786. The van der Waals surface area contributed by atoms with Crippen LogP contribution in [0, 0.1) is 0 Å². The second-order valence-corrected chi connectivity index (χ2v) is 4.24. The molecule has 2 N–H and O–H groups in total. The second-order valence-electron chi connectivity index (χ2n) is 4.24. The molecule has 0 heterocycles. The summed E-state index contributed by atoms with van der Waals surface area (Å²) in [5.74, 6) is -0.966. The normalized spacial score (nSPS) is 26.6. The fourth-order valence-electron chi connectivity index (χ4n) is 2.09. The van der Waals surface area contributed by atoms with Gasteiger partial charge in [-0.15, -0.1) is 0 Å². The Bertz CT molecular complexity index is 252. The third-order valence-corrected chi connectivity index (χ3v) is 3.00. The molecule has 1 fully saturated rings. The Balaban J connectivity index is 2.48. The van der Waals surface area contributed by atoms with E-state index in [1.54, 1.807) is 0 Å². The number of hydrogen-bond acceptors (Lipinski definition) is 3. The van der Waals surface area contributed by atoms with Crippen molar-refractivity contribution in [3.05, 3.63) is 12.2 Å². The minimum Gasteiger partial charge on any atom is -0.478 e. The fraction of sp³-hybridized carbons (Fsp3) is 0.727. The van der Waals surface area contributed by atoms with E-state index in [-0.39, 0.29) is 17.7 Å². The number of aliphatic carboxylic acids is 1. The number of carbonyl (C=O) groups is 1. The lowest BCUT2D eigenvalue weighted by atomic mass is 9.91. The van der Waals surface area contributed by atoms with Crippen molar-refractivity contribution in [2.24, 2.45) is 0 Å². The van der Waals surface area contributed by atoms with Crippen LogP contribution in [0.5, 0.6) is 0 Å². The molecular weight excluding hydrogens is 194 g/mol. The molecule has 0 aromatic carbocycles. The van der Waals surface area contributed by atoms with Crippen LogP contribution >= 0.6 is 0 Å². The van der Waals surface area contributed by atoms with Crippen LogP contribution in [0.15, 0.2) is 12.2 Å². The van der Waals surface area contributed by atoms with E-state index < -0.39 is 5.97 Å². The monoisotopic (exact) mass is 213 g/mol. The van der Waals surface area contributed by atoms with Gasteiger partial charge in [-0.25, -0.2) is 4.79 Å². The van der Waals surface area contributed by atoms with E-state index >= 15 is 0 Å². The third kappa shape index (κ3) is 3.32.